The van der Waals surface area contributed by atoms with E-state index in [9.17, 15) is 14.4 Å². The third-order valence-corrected chi connectivity index (χ3v) is 10.3. The maximum absolute atomic E-state index is 12.8. The number of pyridine rings is 1. The third kappa shape index (κ3) is 9.37. The lowest BCUT2D eigenvalue weighted by atomic mass is 9.93. The number of carbonyl (C=O) groups is 3. The Morgan fingerprint density at radius 3 is 2.57 bits per heavy atom. The number of aliphatic carboxylic acids is 1. The molecule has 0 spiro atoms. The fourth-order valence-electron chi connectivity index (χ4n) is 7.50. The van der Waals surface area contributed by atoms with Gasteiger partial charge in [-0.3, -0.25) is 14.4 Å². The first kappa shape index (κ1) is 36.2. The van der Waals surface area contributed by atoms with Crippen molar-refractivity contribution in [3.8, 4) is 11.6 Å². The number of likely N-dealkylation sites (tertiary alicyclic amines) is 1. The fraction of sp³-hybridized carbons (Fsp3) is 0.553. The Hall–Kier alpha value is -4.65. The van der Waals surface area contributed by atoms with E-state index in [-0.39, 0.29) is 37.1 Å². The highest BCUT2D eigenvalue weighted by molar-refractivity contribution is 5.77. The van der Waals surface area contributed by atoms with Crippen molar-refractivity contribution in [3.63, 3.8) is 0 Å². The summed E-state index contributed by atoms with van der Waals surface area (Å²) < 4.78 is 13.3. The number of amides is 1. The van der Waals surface area contributed by atoms with Crippen LogP contribution >= 0.6 is 0 Å². The SMILES string of the molecule is COC(=O)C[C@H](CN1CC[C@@H](COc2ccc3c(n2)NCCC3)C1)c1cc(N2CCN(C(=O)CCCC(=O)O)CC2)cc(-n2nc(C)cc2C)c1. The third-order valence-electron chi connectivity index (χ3n) is 10.3. The average molecular weight is 702 g/mol. The molecule has 13 heteroatoms. The zero-order valence-electron chi connectivity index (χ0n) is 30.1. The zero-order chi connectivity index (χ0) is 35.9. The molecule has 13 nitrogen and oxygen atoms in total. The lowest BCUT2D eigenvalue weighted by Gasteiger charge is -2.37. The molecule has 2 saturated heterocycles. The first-order valence-corrected chi connectivity index (χ1v) is 18.2. The van der Waals surface area contributed by atoms with E-state index in [2.05, 4.69) is 45.4 Å². The van der Waals surface area contributed by atoms with Gasteiger partial charge in [0, 0.05) is 87.9 Å². The molecule has 2 atom stereocenters. The van der Waals surface area contributed by atoms with Crippen LogP contribution in [0.25, 0.3) is 5.69 Å². The molecule has 1 amide bonds. The first-order chi connectivity index (χ1) is 24.6. The van der Waals surface area contributed by atoms with Crippen LogP contribution in [-0.4, -0.2) is 114 Å². The largest absolute Gasteiger partial charge is 0.481 e. The number of carboxylic acids is 1. The van der Waals surface area contributed by atoms with E-state index in [4.69, 9.17) is 24.7 Å². The van der Waals surface area contributed by atoms with Gasteiger partial charge in [-0.05, 0) is 87.5 Å². The van der Waals surface area contributed by atoms with E-state index in [0.717, 1.165) is 73.0 Å². The van der Waals surface area contributed by atoms with Gasteiger partial charge in [-0.25, -0.2) is 4.68 Å². The number of carbonyl (C=O) groups excluding carboxylic acids is 2. The van der Waals surface area contributed by atoms with E-state index in [0.29, 0.717) is 57.5 Å². The quantitative estimate of drug-likeness (QED) is 0.234. The van der Waals surface area contributed by atoms with Crippen LogP contribution in [0.15, 0.2) is 36.4 Å². The summed E-state index contributed by atoms with van der Waals surface area (Å²) in [6.45, 7) is 10.4. The molecule has 1 aromatic carbocycles. The standard InChI is InChI=1S/C38H51N7O6/c1-26-18-27(2)45(41-26)33-20-30(19-32(22-33)43-14-16-44(17-15-43)35(46)7-4-8-36(47)48)31(21-37(49)50-3)24-42-13-11-28(23-42)25-51-34-10-9-29-6-5-12-39-38(29)40-34/h9-10,18-20,22,28,31H,4-8,11-17,21,23-25H2,1-3H3,(H,39,40)(H,47,48)/t28-,31-/m1/s1. The molecule has 0 unspecified atom stereocenters. The number of aryl methyl sites for hydroxylation is 3. The molecule has 0 radical (unpaired) electrons. The Balaban J connectivity index is 1.17. The van der Waals surface area contributed by atoms with Gasteiger partial charge < -0.3 is 34.6 Å². The van der Waals surface area contributed by atoms with Crippen molar-refractivity contribution in [2.45, 2.75) is 64.7 Å². The molecule has 2 N–H and O–H groups in total. The summed E-state index contributed by atoms with van der Waals surface area (Å²) in [4.78, 5) is 47.7. The molecule has 0 bridgehead atoms. The molecule has 3 aliphatic rings. The van der Waals surface area contributed by atoms with Crippen molar-refractivity contribution < 1.29 is 29.0 Å². The summed E-state index contributed by atoms with van der Waals surface area (Å²) in [5, 5.41) is 17.1. The minimum absolute atomic E-state index is 0.00324. The van der Waals surface area contributed by atoms with Crippen LogP contribution in [0.1, 0.15) is 67.0 Å². The van der Waals surface area contributed by atoms with Crippen molar-refractivity contribution >= 4 is 29.4 Å². The number of hydrogen-bond donors (Lipinski definition) is 2. The maximum Gasteiger partial charge on any atom is 0.306 e. The summed E-state index contributed by atoms with van der Waals surface area (Å²) in [5.74, 6) is 0.694. The second-order valence-electron chi connectivity index (χ2n) is 14.1. The van der Waals surface area contributed by atoms with Crippen LogP contribution in [0.4, 0.5) is 11.5 Å². The maximum atomic E-state index is 12.8. The van der Waals surface area contributed by atoms with E-state index < -0.39 is 5.97 Å². The van der Waals surface area contributed by atoms with Crippen LogP contribution in [0.2, 0.25) is 0 Å². The van der Waals surface area contributed by atoms with Crippen molar-refractivity contribution in [2.75, 3.05) is 76.3 Å². The lowest BCUT2D eigenvalue weighted by Crippen LogP contribution is -2.48. The summed E-state index contributed by atoms with van der Waals surface area (Å²) in [6.07, 6.45) is 4.00. The van der Waals surface area contributed by atoms with Crippen molar-refractivity contribution in [3.05, 3.63) is 58.9 Å². The van der Waals surface area contributed by atoms with Gasteiger partial charge in [0.1, 0.15) is 5.82 Å². The summed E-state index contributed by atoms with van der Waals surface area (Å²) in [6, 6.07) is 12.6. The van der Waals surface area contributed by atoms with E-state index in [1.54, 1.807) is 0 Å². The highest BCUT2D eigenvalue weighted by Gasteiger charge is 2.29. The van der Waals surface area contributed by atoms with Crippen LogP contribution in [0, 0.1) is 19.8 Å². The number of nitrogens with zero attached hydrogens (tertiary/aromatic N) is 6. The molecule has 274 valence electrons. The smallest absolute Gasteiger partial charge is 0.306 e. The number of methoxy groups -OCH3 is 1. The number of aromatic nitrogens is 3. The Morgan fingerprint density at radius 1 is 1.02 bits per heavy atom. The lowest BCUT2D eigenvalue weighted by molar-refractivity contribution is -0.141. The van der Waals surface area contributed by atoms with Gasteiger partial charge in [-0.15, -0.1) is 0 Å². The van der Waals surface area contributed by atoms with E-state index >= 15 is 0 Å². The summed E-state index contributed by atoms with van der Waals surface area (Å²) >= 11 is 0. The fourth-order valence-corrected chi connectivity index (χ4v) is 7.50. The Kier molecular flexibility index (Phi) is 11.8. The topological polar surface area (TPSA) is 142 Å². The molecule has 0 aliphatic carbocycles. The van der Waals surface area contributed by atoms with Gasteiger partial charge in [0.05, 0.1) is 31.5 Å². The van der Waals surface area contributed by atoms with E-state index in [1.807, 2.05) is 29.5 Å². The van der Waals surface area contributed by atoms with Gasteiger partial charge in [-0.2, -0.15) is 10.1 Å². The number of benzene rings is 1. The molecule has 0 saturated carbocycles. The molecule has 6 rings (SSSR count). The molecule has 51 heavy (non-hydrogen) atoms. The Bertz CT molecular complexity index is 1700. The number of piperazine rings is 1. The van der Waals surface area contributed by atoms with Crippen LogP contribution in [0.3, 0.4) is 0 Å². The monoisotopic (exact) mass is 701 g/mol. The first-order valence-electron chi connectivity index (χ1n) is 18.2. The molecule has 3 aliphatic heterocycles. The number of rotatable bonds is 14. The number of hydrogen-bond acceptors (Lipinski definition) is 10. The predicted molar refractivity (Wildman–Crippen MR) is 194 cm³/mol. The number of esters is 1. The normalized spacial score (nSPS) is 18.2. The van der Waals surface area contributed by atoms with E-state index in [1.165, 1.54) is 12.7 Å². The minimum atomic E-state index is -0.883. The molecule has 2 fully saturated rings. The van der Waals surface area contributed by atoms with Crippen molar-refractivity contribution in [1.82, 2.24) is 24.6 Å². The summed E-state index contributed by atoms with van der Waals surface area (Å²) in [5.41, 5.74) is 6.16. The van der Waals surface area contributed by atoms with Gasteiger partial charge >= 0.3 is 11.9 Å². The van der Waals surface area contributed by atoms with Crippen molar-refractivity contribution in [2.24, 2.45) is 5.92 Å². The molecular formula is C38H51N7O6. The number of nitrogens with one attached hydrogen (secondary N) is 1. The second kappa shape index (κ2) is 16.6. The minimum Gasteiger partial charge on any atom is -0.481 e. The van der Waals surface area contributed by atoms with Gasteiger partial charge in [-0.1, -0.05) is 0 Å². The van der Waals surface area contributed by atoms with Crippen molar-refractivity contribution in [1.29, 1.82) is 0 Å². The van der Waals surface area contributed by atoms with Gasteiger partial charge in [0.2, 0.25) is 11.8 Å². The number of carboxylic acid groups (broad SMARTS) is 1. The highest BCUT2D eigenvalue weighted by Crippen LogP contribution is 2.32. The Labute approximate surface area is 299 Å². The zero-order valence-corrected chi connectivity index (χ0v) is 30.1. The van der Waals surface area contributed by atoms with Crippen LogP contribution < -0.4 is 15.0 Å². The van der Waals surface area contributed by atoms with Crippen LogP contribution in [0.5, 0.6) is 5.88 Å². The predicted octanol–water partition coefficient (Wildman–Crippen LogP) is 4.19. The number of fused-ring (bicyclic) bond motifs is 1. The second-order valence-corrected chi connectivity index (χ2v) is 14.1. The van der Waals surface area contributed by atoms with Crippen LogP contribution in [-0.2, 0) is 25.5 Å². The molecule has 2 aromatic heterocycles. The number of anilines is 2. The molecular weight excluding hydrogens is 650 g/mol. The van der Waals surface area contributed by atoms with Gasteiger partial charge in [0.15, 0.2) is 0 Å². The Morgan fingerprint density at radius 2 is 1.82 bits per heavy atom. The molecule has 5 heterocycles. The summed E-state index contributed by atoms with van der Waals surface area (Å²) in [7, 11) is 1.44. The van der Waals surface area contributed by atoms with Gasteiger partial charge in [0.25, 0.3) is 0 Å². The highest BCUT2D eigenvalue weighted by atomic mass is 16.5. The average Bonchev–Trinajstić information content (AvgIpc) is 3.74. The number of ether oxygens (including phenoxy) is 2. The molecule has 3 aromatic rings.